The highest BCUT2D eigenvalue weighted by atomic mass is 32.1. The van der Waals surface area contributed by atoms with E-state index in [0.29, 0.717) is 35.1 Å². The van der Waals surface area contributed by atoms with E-state index in [1.54, 1.807) is 27.2 Å². The maximum absolute atomic E-state index is 12.8. The summed E-state index contributed by atoms with van der Waals surface area (Å²) in [5, 5.41) is 13.4. The molecule has 0 unspecified atom stereocenters. The van der Waals surface area contributed by atoms with Gasteiger partial charge >= 0.3 is 5.97 Å². The van der Waals surface area contributed by atoms with Gasteiger partial charge in [-0.15, -0.1) is 11.3 Å². The van der Waals surface area contributed by atoms with Gasteiger partial charge in [0.15, 0.2) is 11.5 Å². The number of hydrogen-bond acceptors (Lipinski definition) is 7. The van der Waals surface area contributed by atoms with Crippen LogP contribution in [0.15, 0.2) is 28.4 Å². The molecule has 1 aromatic carbocycles. The molecule has 2 heterocycles. The molecule has 3 rings (SSSR count). The third-order valence-corrected chi connectivity index (χ3v) is 5.47. The van der Waals surface area contributed by atoms with E-state index < -0.39 is 11.5 Å². The molecule has 0 radical (unpaired) electrons. The number of thiophene rings is 1. The molecule has 30 heavy (non-hydrogen) atoms. The summed E-state index contributed by atoms with van der Waals surface area (Å²) in [7, 11) is 3.11. The van der Waals surface area contributed by atoms with Crippen molar-refractivity contribution in [2.45, 2.75) is 19.9 Å². The van der Waals surface area contributed by atoms with Gasteiger partial charge in [-0.05, 0) is 31.0 Å². The fourth-order valence-electron chi connectivity index (χ4n) is 3.05. The molecule has 158 valence electrons. The topological polar surface area (TPSA) is 120 Å². The van der Waals surface area contributed by atoms with Gasteiger partial charge in [-0.2, -0.15) is 0 Å². The summed E-state index contributed by atoms with van der Waals surface area (Å²) in [4.78, 5) is 41.1. The maximum atomic E-state index is 12.8. The van der Waals surface area contributed by atoms with E-state index >= 15 is 0 Å². The van der Waals surface area contributed by atoms with Crippen molar-refractivity contribution in [2.24, 2.45) is 0 Å². The Bertz CT molecular complexity index is 1170. The second kappa shape index (κ2) is 8.95. The molecule has 10 heteroatoms. The first-order valence-corrected chi connectivity index (χ1v) is 9.93. The van der Waals surface area contributed by atoms with E-state index in [-0.39, 0.29) is 23.4 Å². The molecule has 2 aromatic heterocycles. The summed E-state index contributed by atoms with van der Waals surface area (Å²) in [6.45, 7) is 1.73. The van der Waals surface area contributed by atoms with E-state index in [9.17, 15) is 19.5 Å². The summed E-state index contributed by atoms with van der Waals surface area (Å²) >= 11 is 1.09. The van der Waals surface area contributed by atoms with Crippen LogP contribution in [0.3, 0.4) is 0 Å². The number of benzene rings is 1. The first-order chi connectivity index (χ1) is 14.3. The highest BCUT2D eigenvalue weighted by molar-refractivity contribution is 7.17. The van der Waals surface area contributed by atoms with Crippen molar-refractivity contribution in [2.75, 3.05) is 20.8 Å². The molecular formula is C20H21N3O6S. The third kappa shape index (κ3) is 4.28. The van der Waals surface area contributed by atoms with Crippen molar-refractivity contribution >= 4 is 33.4 Å². The Morgan fingerprint density at radius 1 is 1.23 bits per heavy atom. The first kappa shape index (κ1) is 21.3. The highest BCUT2D eigenvalue weighted by Crippen LogP contribution is 2.27. The SMILES string of the molecule is COc1ccc(CCNC(=O)Cn2c(C)nc3scc(C(=O)O)c3c2=O)cc1OC. The Balaban J connectivity index is 1.69. The van der Waals surface area contributed by atoms with Crippen LogP contribution in [0.25, 0.3) is 10.2 Å². The molecule has 0 fully saturated rings. The smallest absolute Gasteiger partial charge is 0.337 e. The van der Waals surface area contributed by atoms with Gasteiger partial charge < -0.3 is 19.9 Å². The quantitative estimate of drug-likeness (QED) is 0.558. The second-order valence-electron chi connectivity index (χ2n) is 6.47. The van der Waals surface area contributed by atoms with Gasteiger partial charge in [0.05, 0.1) is 25.2 Å². The molecule has 1 amide bonds. The van der Waals surface area contributed by atoms with E-state index in [2.05, 4.69) is 10.3 Å². The minimum absolute atomic E-state index is 0.0243. The van der Waals surface area contributed by atoms with E-state index in [1.165, 1.54) is 9.95 Å². The number of hydrogen-bond donors (Lipinski definition) is 2. The zero-order valence-corrected chi connectivity index (χ0v) is 17.5. The Labute approximate surface area is 175 Å². The molecule has 0 bridgehead atoms. The van der Waals surface area contributed by atoms with Crippen molar-refractivity contribution < 1.29 is 24.2 Å². The number of carbonyl (C=O) groups is 2. The molecule has 0 spiro atoms. The number of ether oxygens (including phenoxy) is 2. The third-order valence-electron chi connectivity index (χ3n) is 4.60. The van der Waals surface area contributed by atoms with Crippen LogP contribution in [0.1, 0.15) is 21.7 Å². The van der Waals surface area contributed by atoms with Crippen LogP contribution in [-0.2, 0) is 17.8 Å². The van der Waals surface area contributed by atoms with Crippen LogP contribution in [0.4, 0.5) is 0 Å². The summed E-state index contributed by atoms with van der Waals surface area (Å²) in [6.07, 6.45) is 0.560. The number of aryl methyl sites for hydroxylation is 1. The first-order valence-electron chi connectivity index (χ1n) is 9.05. The average molecular weight is 431 g/mol. The van der Waals surface area contributed by atoms with Crippen LogP contribution in [-0.4, -0.2) is 47.3 Å². The van der Waals surface area contributed by atoms with E-state index in [1.807, 2.05) is 12.1 Å². The predicted octanol–water partition coefficient (Wildman–Crippen LogP) is 1.84. The number of carboxylic acids is 1. The molecule has 9 nitrogen and oxygen atoms in total. The lowest BCUT2D eigenvalue weighted by atomic mass is 10.1. The number of nitrogens with one attached hydrogen (secondary N) is 1. The molecule has 0 saturated heterocycles. The number of carbonyl (C=O) groups excluding carboxylic acids is 1. The van der Waals surface area contributed by atoms with Crippen LogP contribution in [0, 0.1) is 6.92 Å². The zero-order chi connectivity index (χ0) is 21.8. The highest BCUT2D eigenvalue weighted by Gasteiger charge is 2.19. The Kier molecular flexibility index (Phi) is 6.36. The van der Waals surface area contributed by atoms with E-state index in [0.717, 1.165) is 16.9 Å². The van der Waals surface area contributed by atoms with Gasteiger partial charge in [0, 0.05) is 11.9 Å². The maximum Gasteiger partial charge on any atom is 0.337 e. The second-order valence-corrected chi connectivity index (χ2v) is 7.33. The molecule has 0 atom stereocenters. The van der Waals surface area contributed by atoms with E-state index in [4.69, 9.17) is 9.47 Å². The van der Waals surface area contributed by atoms with Crippen LogP contribution >= 0.6 is 11.3 Å². The number of fused-ring (bicyclic) bond motifs is 1. The molecule has 0 aliphatic carbocycles. The summed E-state index contributed by atoms with van der Waals surface area (Å²) in [6, 6.07) is 5.51. The number of nitrogens with zero attached hydrogens (tertiary/aromatic N) is 2. The number of carboxylic acid groups (broad SMARTS) is 1. The van der Waals surface area contributed by atoms with Crippen molar-refractivity contribution in [1.29, 1.82) is 0 Å². The molecule has 0 saturated carbocycles. The van der Waals surface area contributed by atoms with Crippen molar-refractivity contribution in [1.82, 2.24) is 14.9 Å². The van der Waals surface area contributed by atoms with Crippen LogP contribution in [0.2, 0.25) is 0 Å². The number of rotatable bonds is 8. The lowest BCUT2D eigenvalue weighted by Gasteiger charge is -2.11. The van der Waals surface area contributed by atoms with Gasteiger partial charge in [-0.3, -0.25) is 14.2 Å². The van der Waals surface area contributed by atoms with Gasteiger partial charge in [0.25, 0.3) is 5.56 Å². The van der Waals surface area contributed by atoms with Gasteiger partial charge in [-0.1, -0.05) is 6.07 Å². The molecular weight excluding hydrogens is 410 g/mol. The fourth-order valence-corrected chi connectivity index (χ4v) is 4.00. The van der Waals surface area contributed by atoms with Crippen LogP contribution < -0.4 is 20.3 Å². The molecule has 3 aromatic rings. The normalized spacial score (nSPS) is 10.8. The number of methoxy groups -OCH3 is 2. The standard InChI is InChI=1S/C20H21N3O6S/c1-11-22-18-17(13(10-30-18)20(26)27)19(25)23(11)9-16(24)21-7-6-12-4-5-14(28-2)15(8-12)29-3/h4-5,8,10H,6-7,9H2,1-3H3,(H,21,24)(H,26,27). The molecule has 0 aliphatic rings. The van der Waals surface area contributed by atoms with Gasteiger partial charge in [-0.25, -0.2) is 9.78 Å². The number of aromatic nitrogens is 2. The average Bonchev–Trinajstić information content (AvgIpc) is 3.15. The Morgan fingerprint density at radius 3 is 2.63 bits per heavy atom. The van der Waals surface area contributed by atoms with Crippen molar-refractivity contribution in [3.63, 3.8) is 0 Å². The minimum Gasteiger partial charge on any atom is -0.493 e. The monoisotopic (exact) mass is 431 g/mol. The summed E-state index contributed by atoms with van der Waals surface area (Å²) in [5.41, 5.74) is 0.315. The van der Waals surface area contributed by atoms with Crippen molar-refractivity contribution in [3.05, 3.63) is 50.9 Å². The lowest BCUT2D eigenvalue weighted by Crippen LogP contribution is -2.35. The lowest BCUT2D eigenvalue weighted by molar-refractivity contribution is -0.121. The van der Waals surface area contributed by atoms with Gasteiger partial charge in [0.2, 0.25) is 5.91 Å². The predicted molar refractivity (Wildman–Crippen MR) is 112 cm³/mol. The number of aromatic carboxylic acids is 1. The minimum atomic E-state index is -1.20. The zero-order valence-electron chi connectivity index (χ0n) is 16.7. The molecule has 0 aliphatic heterocycles. The summed E-state index contributed by atoms with van der Waals surface area (Å²) < 4.78 is 11.7. The van der Waals surface area contributed by atoms with Crippen LogP contribution in [0.5, 0.6) is 11.5 Å². The molecule has 2 N–H and O–H groups in total. The van der Waals surface area contributed by atoms with Crippen molar-refractivity contribution in [3.8, 4) is 11.5 Å². The largest absolute Gasteiger partial charge is 0.493 e. The fraction of sp³-hybridized carbons (Fsp3) is 0.300. The Morgan fingerprint density at radius 2 is 1.97 bits per heavy atom. The van der Waals surface area contributed by atoms with Gasteiger partial charge in [0.1, 0.15) is 17.2 Å². The summed E-state index contributed by atoms with van der Waals surface area (Å²) in [5.74, 6) is 0.00949. The Hall–Kier alpha value is -3.40. The number of amides is 1.